The van der Waals surface area contributed by atoms with E-state index >= 15 is 0 Å². The number of rotatable bonds is 6. The zero-order valence-corrected chi connectivity index (χ0v) is 14.5. The highest BCUT2D eigenvalue weighted by Gasteiger charge is 2.10. The van der Waals surface area contributed by atoms with Gasteiger partial charge in [0.2, 0.25) is 5.91 Å². The molecule has 0 aliphatic carbocycles. The fourth-order valence-electron chi connectivity index (χ4n) is 2.76. The van der Waals surface area contributed by atoms with Gasteiger partial charge in [-0.25, -0.2) is 0 Å². The SMILES string of the molecule is CCOC(=O)Cn1cc(/C=C/C(=O)Nc2ccccc2)c2ccccc21. The van der Waals surface area contributed by atoms with Gasteiger partial charge in [-0.2, -0.15) is 0 Å². The molecule has 26 heavy (non-hydrogen) atoms. The third-order valence-corrected chi connectivity index (χ3v) is 3.88. The van der Waals surface area contributed by atoms with E-state index < -0.39 is 0 Å². The summed E-state index contributed by atoms with van der Waals surface area (Å²) >= 11 is 0. The first-order valence-electron chi connectivity index (χ1n) is 8.45. The first-order valence-corrected chi connectivity index (χ1v) is 8.45. The number of hydrogen-bond donors (Lipinski definition) is 1. The normalized spacial score (nSPS) is 11.0. The van der Waals surface area contributed by atoms with Crippen molar-refractivity contribution in [1.82, 2.24) is 4.57 Å². The molecule has 1 amide bonds. The van der Waals surface area contributed by atoms with Crippen LogP contribution in [0.3, 0.4) is 0 Å². The van der Waals surface area contributed by atoms with Crippen LogP contribution in [0.1, 0.15) is 12.5 Å². The Balaban J connectivity index is 1.81. The zero-order chi connectivity index (χ0) is 18.4. The van der Waals surface area contributed by atoms with Crippen LogP contribution in [0.4, 0.5) is 5.69 Å². The highest BCUT2D eigenvalue weighted by Crippen LogP contribution is 2.22. The van der Waals surface area contributed by atoms with Crippen LogP contribution in [-0.2, 0) is 20.9 Å². The van der Waals surface area contributed by atoms with Crippen molar-refractivity contribution in [3.63, 3.8) is 0 Å². The molecule has 0 saturated carbocycles. The van der Waals surface area contributed by atoms with Crippen LogP contribution in [0, 0.1) is 0 Å². The van der Waals surface area contributed by atoms with Crippen LogP contribution in [0.2, 0.25) is 0 Å². The molecule has 5 heteroatoms. The maximum absolute atomic E-state index is 12.1. The van der Waals surface area contributed by atoms with Gasteiger partial charge in [0, 0.05) is 34.4 Å². The number of amides is 1. The van der Waals surface area contributed by atoms with E-state index in [1.54, 1.807) is 13.0 Å². The Kier molecular flexibility index (Phi) is 5.49. The Morgan fingerprint density at radius 2 is 1.81 bits per heavy atom. The molecule has 0 atom stereocenters. The van der Waals surface area contributed by atoms with Gasteiger partial charge in [-0.15, -0.1) is 0 Å². The fraction of sp³-hybridized carbons (Fsp3) is 0.143. The molecule has 0 aliphatic rings. The lowest BCUT2D eigenvalue weighted by Gasteiger charge is -2.04. The second kappa shape index (κ2) is 8.16. The predicted octanol–water partition coefficient (Wildman–Crippen LogP) is 3.86. The lowest BCUT2D eigenvalue weighted by Crippen LogP contribution is -2.12. The van der Waals surface area contributed by atoms with Crippen molar-refractivity contribution in [3.8, 4) is 0 Å². The molecule has 1 N–H and O–H groups in total. The van der Waals surface area contributed by atoms with E-state index in [-0.39, 0.29) is 18.4 Å². The summed E-state index contributed by atoms with van der Waals surface area (Å²) in [6.45, 7) is 2.27. The molecule has 5 nitrogen and oxygen atoms in total. The number of nitrogens with zero attached hydrogens (tertiary/aromatic N) is 1. The predicted molar refractivity (Wildman–Crippen MR) is 103 cm³/mol. The van der Waals surface area contributed by atoms with Crippen molar-refractivity contribution < 1.29 is 14.3 Å². The summed E-state index contributed by atoms with van der Waals surface area (Å²) in [5.74, 6) is -0.496. The minimum absolute atomic E-state index is 0.137. The van der Waals surface area contributed by atoms with E-state index in [0.717, 1.165) is 22.2 Å². The average Bonchev–Trinajstić information content (AvgIpc) is 2.99. The van der Waals surface area contributed by atoms with E-state index in [2.05, 4.69) is 5.32 Å². The smallest absolute Gasteiger partial charge is 0.325 e. The number of hydrogen-bond acceptors (Lipinski definition) is 3. The molecule has 3 rings (SSSR count). The van der Waals surface area contributed by atoms with E-state index in [4.69, 9.17) is 4.74 Å². The van der Waals surface area contributed by atoms with Gasteiger partial charge in [0.15, 0.2) is 0 Å². The van der Waals surface area contributed by atoms with Crippen molar-refractivity contribution in [1.29, 1.82) is 0 Å². The van der Waals surface area contributed by atoms with E-state index in [9.17, 15) is 9.59 Å². The van der Waals surface area contributed by atoms with Gasteiger partial charge in [0.25, 0.3) is 0 Å². The first kappa shape index (κ1) is 17.5. The highest BCUT2D eigenvalue weighted by atomic mass is 16.5. The number of anilines is 1. The molecule has 0 saturated heterocycles. The lowest BCUT2D eigenvalue weighted by atomic mass is 10.1. The fourth-order valence-corrected chi connectivity index (χ4v) is 2.76. The molecule has 0 aliphatic heterocycles. The van der Waals surface area contributed by atoms with Crippen molar-refractivity contribution in [3.05, 3.63) is 72.4 Å². The number of benzene rings is 2. The number of fused-ring (bicyclic) bond motifs is 1. The quantitative estimate of drug-likeness (QED) is 0.544. The molecular formula is C21H20N2O3. The number of carbonyl (C=O) groups is 2. The van der Waals surface area contributed by atoms with Gasteiger partial charge >= 0.3 is 5.97 Å². The summed E-state index contributed by atoms with van der Waals surface area (Å²) in [5.41, 5.74) is 2.53. The van der Waals surface area contributed by atoms with Crippen molar-refractivity contribution in [2.24, 2.45) is 0 Å². The standard InChI is InChI=1S/C21H20N2O3/c1-2-26-21(25)15-23-14-16(18-10-6-7-11-19(18)23)12-13-20(24)22-17-8-4-3-5-9-17/h3-14H,2,15H2,1H3,(H,22,24)/b13-12+. The Morgan fingerprint density at radius 3 is 2.58 bits per heavy atom. The maximum Gasteiger partial charge on any atom is 0.325 e. The summed E-state index contributed by atoms with van der Waals surface area (Å²) in [6.07, 6.45) is 5.10. The van der Waals surface area contributed by atoms with Gasteiger partial charge < -0.3 is 14.6 Å². The van der Waals surface area contributed by atoms with Gasteiger partial charge in [0.1, 0.15) is 6.54 Å². The molecule has 1 heterocycles. The Labute approximate surface area is 151 Å². The van der Waals surface area contributed by atoms with Crippen LogP contribution < -0.4 is 5.32 Å². The maximum atomic E-state index is 12.1. The summed E-state index contributed by atoms with van der Waals surface area (Å²) in [4.78, 5) is 23.9. The van der Waals surface area contributed by atoms with Crippen molar-refractivity contribution in [2.75, 3.05) is 11.9 Å². The van der Waals surface area contributed by atoms with E-state index in [1.807, 2.05) is 65.4 Å². The Morgan fingerprint density at radius 1 is 1.08 bits per heavy atom. The zero-order valence-electron chi connectivity index (χ0n) is 14.5. The van der Waals surface area contributed by atoms with Crippen LogP contribution in [0.25, 0.3) is 17.0 Å². The number of esters is 1. The monoisotopic (exact) mass is 348 g/mol. The van der Waals surface area contributed by atoms with Crippen molar-refractivity contribution >= 4 is 34.5 Å². The van der Waals surface area contributed by atoms with Crippen LogP contribution in [0.5, 0.6) is 0 Å². The van der Waals surface area contributed by atoms with Gasteiger partial charge in [-0.3, -0.25) is 9.59 Å². The van der Waals surface area contributed by atoms with Gasteiger partial charge in [-0.1, -0.05) is 36.4 Å². The average molecular weight is 348 g/mol. The number of ether oxygens (including phenoxy) is 1. The molecule has 0 bridgehead atoms. The number of nitrogens with one attached hydrogen (secondary N) is 1. The topological polar surface area (TPSA) is 60.3 Å². The van der Waals surface area contributed by atoms with Crippen LogP contribution >= 0.6 is 0 Å². The summed E-state index contributed by atoms with van der Waals surface area (Å²) in [7, 11) is 0. The molecular weight excluding hydrogens is 328 g/mol. The van der Waals surface area contributed by atoms with E-state index in [1.165, 1.54) is 6.08 Å². The van der Waals surface area contributed by atoms with Crippen LogP contribution in [-0.4, -0.2) is 23.1 Å². The number of para-hydroxylation sites is 2. The molecule has 0 unspecified atom stereocenters. The molecule has 1 aromatic heterocycles. The summed E-state index contributed by atoms with van der Waals surface area (Å²) in [5, 5.41) is 3.78. The highest BCUT2D eigenvalue weighted by molar-refractivity contribution is 6.03. The van der Waals surface area contributed by atoms with Gasteiger partial charge in [-0.05, 0) is 31.2 Å². The van der Waals surface area contributed by atoms with Gasteiger partial charge in [0.05, 0.1) is 6.61 Å². The number of aromatic nitrogens is 1. The van der Waals surface area contributed by atoms with Crippen LogP contribution in [0.15, 0.2) is 66.9 Å². The second-order valence-electron chi connectivity index (χ2n) is 5.72. The Hall–Kier alpha value is -3.34. The molecule has 2 aromatic carbocycles. The van der Waals surface area contributed by atoms with E-state index in [0.29, 0.717) is 6.61 Å². The first-order chi connectivity index (χ1) is 12.7. The number of carbonyl (C=O) groups excluding carboxylic acids is 2. The summed E-state index contributed by atoms with van der Waals surface area (Å²) < 4.78 is 6.86. The molecule has 0 fully saturated rings. The molecule has 0 spiro atoms. The lowest BCUT2D eigenvalue weighted by molar-refractivity contribution is -0.143. The summed E-state index contributed by atoms with van der Waals surface area (Å²) in [6, 6.07) is 17.0. The molecule has 3 aromatic rings. The third-order valence-electron chi connectivity index (χ3n) is 3.88. The minimum atomic E-state index is -0.286. The van der Waals surface area contributed by atoms with Crippen molar-refractivity contribution in [2.45, 2.75) is 13.5 Å². The molecule has 0 radical (unpaired) electrons. The minimum Gasteiger partial charge on any atom is -0.465 e. The third kappa shape index (κ3) is 4.19. The second-order valence-corrected chi connectivity index (χ2v) is 5.72. The Bertz CT molecular complexity index is 942. The largest absolute Gasteiger partial charge is 0.465 e. The molecule has 132 valence electrons.